The number of fused-ring (bicyclic) bond motifs is 5. The van der Waals surface area contributed by atoms with Crippen molar-refractivity contribution in [2.24, 2.45) is 34.8 Å². The van der Waals surface area contributed by atoms with Gasteiger partial charge in [0, 0.05) is 5.54 Å². The molecule has 0 bridgehead atoms. The second-order valence-electron chi connectivity index (χ2n) is 11.4. The van der Waals surface area contributed by atoms with Crippen molar-refractivity contribution >= 4 is 0 Å². The summed E-state index contributed by atoms with van der Waals surface area (Å²) < 4.78 is 0. The molecule has 0 spiro atoms. The Kier molecular flexibility index (Phi) is 5.51. The molecule has 8 atom stereocenters. The molecular formula is C25H43NO2. The summed E-state index contributed by atoms with van der Waals surface area (Å²) in [4.78, 5) is 0. The summed E-state index contributed by atoms with van der Waals surface area (Å²) in [6.07, 6.45) is 15.7. The molecule has 0 aliphatic heterocycles. The summed E-state index contributed by atoms with van der Waals surface area (Å²) in [5.41, 5.74) is 8.23. The summed E-state index contributed by atoms with van der Waals surface area (Å²) in [6.45, 7) is 6.64. The standard InChI is InChI=1S/C25H43NO2/c1-4-19(27)7-5-6-17-9-11-21-20-10-8-18-16-23(2,28)14-15-25(18,26)22(20)12-13-24(17,21)3/h8,17,19-22,27-28H,4-7,9-16,26H2,1-3H3/t17?,19?,20?,21?,22?,23-,24?,25?/m0/s1. The third-order valence-electron chi connectivity index (χ3n) is 9.74. The van der Waals surface area contributed by atoms with Crippen molar-refractivity contribution < 1.29 is 10.2 Å². The second-order valence-corrected chi connectivity index (χ2v) is 11.4. The molecule has 160 valence electrons. The number of hydrogen-bond donors (Lipinski definition) is 3. The Balaban J connectivity index is 1.48. The number of aliphatic hydroxyl groups excluding tert-OH is 1. The maximum absolute atomic E-state index is 10.6. The Hall–Kier alpha value is -0.380. The molecule has 7 unspecified atom stereocenters. The molecule has 0 heterocycles. The fourth-order valence-electron chi connectivity index (χ4n) is 7.91. The molecule has 0 aromatic rings. The Morgan fingerprint density at radius 1 is 1.14 bits per heavy atom. The summed E-state index contributed by atoms with van der Waals surface area (Å²) in [5, 5.41) is 20.5. The average Bonchev–Trinajstić information content (AvgIpc) is 2.98. The fourth-order valence-corrected chi connectivity index (χ4v) is 7.91. The van der Waals surface area contributed by atoms with Crippen molar-refractivity contribution in [1.29, 1.82) is 0 Å². The smallest absolute Gasteiger partial charge is 0.0658 e. The van der Waals surface area contributed by atoms with Gasteiger partial charge in [0.15, 0.2) is 0 Å². The molecule has 3 fully saturated rings. The van der Waals surface area contributed by atoms with Crippen LogP contribution in [0.3, 0.4) is 0 Å². The van der Waals surface area contributed by atoms with Crippen molar-refractivity contribution in [3.8, 4) is 0 Å². The molecule has 3 nitrogen and oxygen atoms in total. The van der Waals surface area contributed by atoms with Gasteiger partial charge in [-0.1, -0.05) is 31.9 Å². The third-order valence-corrected chi connectivity index (χ3v) is 9.74. The van der Waals surface area contributed by atoms with Gasteiger partial charge in [-0.05, 0) is 107 Å². The molecular weight excluding hydrogens is 346 g/mol. The van der Waals surface area contributed by atoms with Gasteiger partial charge < -0.3 is 15.9 Å². The molecule has 0 saturated heterocycles. The van der Waals surface area contributed by atoms with E-state index in [9.17, 15) is 10.2 Å². The first-order valence-electron chi connectivity index (χ1n) is 12.1. The van der Waals surface area contributed by atoms with Gasteiger partial charge in [-0.3, -0.25) is 0 Å². The van der Waals surface area contributed by atoms with Crippen molar-refractivity contribution in [3.05, 3.63) is 11.6 Å². The van der Waals surface area contributed by atoms with Crippen LogP contribution in [0.4, 0.5) is 0 Å². The van der Waals surface area contributed by atoms with Crippen molar-refractivity contribution in [3.63, 3.8) is 0 Å². The van der Waals surface area contributed by atoms with Crippen molar-refractivity contribution in [1.82, 2.24) is 0 Å². The van der Waals surface area contributed by atoms with E-state index in [1.807, 2.05) is 6.92 Å². The van der Waals surface area contributed by atoms with E-state index < -0.39 is 5.60 Å². The van der Waals surface area contributed by atoms with Crippen LogP contribution >= 0.6 is 0 Å². The zero-order valence-electron chi connectivity index (χ0n) is 18.4. The Bertz CT molecular complexity index is 614. The predicted molar refractivity (Wildman–Crippen MR) is 115 cm³/mol. The molecule has 3 saturated carbocycles. The van der Waals surface area contributed by atoms with Crippen molar-refractivity contribution in [2.75, 3.05) is 0 Å². The van der Waals surface area contributed by atoms with Crippen LogP contribution < -0.4 is 5.73 Å². The van der Waals surface area contributed by atoms with Crippen LogP contribution in [0, 0.1) is 29.1 Å². The largest absolute Gasteiger partial charge is 0.393 e. The fraction of sp³-hybridized carbons (Fsp3) is 0.920. The zero-order valence-corrected chi connectivity index (χ0v) is 18.4. The number of aliphatic hydroxyl groups is 2. The lowest BCUT2D eigenvalue weighted by Gasteiger charge is -2.58. The van der Waals surface area contributed by atoms with Gasteiger partial charge >= 0.3 is 0 Å². The minimum Gasteiger partial charge on any atom is -0.393 e. The molecule has 0 radical (unpaired) electrons. The highest BCUT2D eigenvalue weighted by Gasteiger charge is 2.59. The van der Waals surface area contributed by atoms with Crippen LogP contribution in [0.15, 0.2) is 11.6 Å². The molecule has 28 heavy (non-hydrogen) atoms. The summed E-state index contributed by atoms with van der Waals surface area (Å²) in [5.74, 6) is 2.99. The van der Waals surface area contributed by atoms with Gasteiger partial charge in [0.1, 0.15) is 0 Å². The highest BCUT2D eigenvalue weighted by molar-refractivity contribution is 5.31. The van der Waals surface area contributed by atoms with E-state index >= 15 is 0 Å². The molecule has 0 aromatic heterocycles. The van der Waals surface area contributed by atoms with E-state index in [-0.39, 0.29) is 11.6 Å². The highest BCUT2D eigenvalue weighted by Crippen LogP contribution is 2.64. The molecule has 4 N–H and O–H groups in total. The van der Waals surface area contributed by atoms with Crippen LogP contribution in [0.25, 0.3) is 0 Å². The van der Waals surface area contributed by atoms with Gasteiger partial charge in [-0.25, -0.2) is 0 Å². The zero-order chi connectivity index (χ0) is 20.2. The maximum atomic E-state index is 10.6. The molecule has 3 heteroatoms. The third kappa shape index (κ3) is 3.40. The summed E-state index contributed by atoms with van der Waals surface area (Å²) in [7, 11) is 0. The summed E-state index contributed by atoms with van der Waals surface area (Å²) in [6, 6.07) is 0. The number of allylic oxidation sites excluding steroid dienone is 1. The molecule has 0 amide bonds. The lowest BCUT2D eigenvalue weighted by Crippen LogP contribution is -2.61. The van der Waals surface area contributed by atoms with E-state index in [1.54, 1.807) is 0 Å². The van der Waals surface area contributed by atoms with Gasteiger partial charge in [-0.2, -0.15) is 0 Å². The average molecular weight is 390 g/mol. The molecule has 0 aromatic carbocycles. The minimum absolute atomic E-state index is 0.108. The van der Waals surface area contributed by atoms with Gasteiger partial charge in [0.2, 0.25) is 0 Å². The van der Waals surface area contributed by atoms with E-state index in [0.717, 1.165) is 49.9 Å². The second kappa shape index (κ2) is 7.39. The Morgan fingerprint density at radius 3 is 2.68 bits per heavy atom. The van der Waals surface area contributed by atoms with E-state index in [1.165, 1.54) is 50.5 Å². The first kappa shape index (κ1) is 20.9. The normalized spacial score (nSPS) is 49.0. The highest BCUT2D eigenvalue weighted by atomic mass is 16.3. The van der Waals surface area contributed by atoms with Crippen LogP contribution in [0.5, 0.6) is 0 Å². The van der Waals surface area contributed by atoms with Crippen molar-refractivity contribution in [2.45, 2.75) is 115 Å². The monoisotopic (exact) mass is 389 g/mol. The van der Waals surface area contributed by atoms with E-state index in [0.29, 0.717) is 11.3 Å². The quantitative estimate of drug-likeness (QED) is 0.583. The maximum Gasteiger partial charge on any atom is 0.0658 e. The lowest BCUT2D eigenvalue weighted by atomic mass is 9.49. The number of rotatable bonds is 5. The Morgan fingerprint density at radius 2 is 1.93 bits per heavy atom. The molecule has 4 aliphatic carbocycles. The molecule has 4 rings (SSSR count). The SMILES string of the molecule is CCC(O)CCCC1CCC2C3CC=C4C[C@@](C)(O)CCC4(N)C3CCC12C. The van der Waals surface area contributed by atoms with Crippen LogP contribution in [0.1, 0.15) is 97.8 Å². The van der Waals surface area contributed by atoms with Crippen LogP contribution in [0.2, 0.25) is 0 Å². The van der Waals surface area contributed by atoms with Gasteiger partial charge in [0.05, 0.1) is 11.7 Å². The van der Waals surface area contributed by atoms with Crippen LogP contribution in [-0.2, 0) is 0 Å². The number of hydrogen-bond acceptors (Lipinski definition) is 3. The van der Waals surface area contributed by atoms with E-state index in [4.69, 9.17) is 5.73 Å². The Labute approximate surface area is 172 Å². The molecule has 4 aliphatic rings. The van der Waals surface area contributed by atoms with Gasteiger partial charge in [0.25, 0.3) is 0 Å². The first-order chi connectivity index (χ1) is 13.2. The predicted octanol–water partition coefficient (Wildman–Crippen LogP) is 4.95. The topological polar surface area (TPSA) is 66.5 Å². The van der Waals surface area contributed by atoms with Gasteiger partial charge in [-0.15, -0.1) is 0 Å². The van der Waals surface area contributed by atoms with Crippen LogP contribution in [-0.4, -0.2) is 27.5 Å². The number of nitrogens with two attached hydrogens (primary N) is 1. The van der Waals surface area contributed by atoms with E-state index in [2.05, 4.69) is 19.9 Å². The first-order valence-corrected chi connectivity index (χ1v) is 12.1. The summed E-state index contributed by atoms with van der Waals surface area (Å²) >= 11 is 0. The lowest BCUT2D eigenvalue weighted by molar-refractivity contribution is -0.0435. The minimum atomic E-state index is -0.563.